The molecule has 0 saturated carbocycles. The fourth-order valence-corrected chi connectivity index (χ4v) is 2.85. The lowest BCUT2D eigenvalue weighted by atomic mass is 10.0. The Bertz CT molecular complexity index is 940. The number of aromatic nitrogens is 3. The van der Waals surface area contributed by atoms with Crippen LogP contribution in [0.3, 0.4) is 0 Å². The monoisotopic (exact) mass is 333 g/mol. The zero-order valence-corrected chi connectivity index (χ0v) is 13.4. The largest absolute Gasteiger partial charge is 0.506 e. The lowest BCUT2D eigenvalue weighted by Crippen LogP contribution is -2.20. The van der Waals surface area contributed by atoms with Gasteiger partial charge in [0, 0.05) is 23.8 Å². The van der Waals surface area contributed by atoms with Crippen LogP contribution in [-0.2, 0) is 7.05 Å². The number of fused-ring (bicyclic) bond motifs is 1. The maximum Gasteiger partial charge on any atom is 0.263 e. The van der Waals surface area contributed by atoms with Crippen molar-refractivity contribution in [2.24, 2.45) is 7.05 Å². The summed E-state index contributed by atoms with van der Waals surface area (Å²) in [6.07, 6.45) is 3.36. The Kier molecular flexibility index (Phi) is 3.80. The molecule has 0 bridgehead atoms. The predicted molar refractivity (Wildman–Crippen MR) is 88.7 cm³/mol. The second kappa shape index (κ2) is 5.62. The topological polar surface area (TPSA) is 68.0 Å². The molecule has 22 heavy (non-hydrogen) atoms. The number of aromatic hydroxyl groups is 1. The van der Waals surface area contributed by atoms with Gasteiger partial charge < -0.3 is 5.11 Å². The van der Waals surface area contributed by atoms with Gasteiger partial charge in [0.2, 0.25) is 0 Å². The number of thioether (sulfide) groups is 1. The molecule has 0 spiro atoms. The first kappa shape index (κ1) is 14.9. The summed E-state index contributed by atoms with van der Waals surface area (Å²) in [5.74, 6) is -0.154. The first-order chi connectivity index (χ1) is 10.5. The summed E-state index contributed by atoms with van der Waals surface area (Å²) in [5, 5.41) is 11.9. The second-order valence-corrected chi connectivity index (χ2v) is 5.84. The maximum atomic E-state index is 12.6. The Morgan fingerprint density at radius 3 is 2.73 bits per heavy atom. The van der Waals surface area contributed by atoms with Crippen molar-refractivity contribution >= 4 is 34.4 Å². The normalized spacial score (nSPS) is 11.0. The van der Waals surface area contributed by atoms with Crippen LogP contribution in [0, 0.1) is 0 Å². The van der Waals surface area contributed by atoms with E-state index in [0.717, 1.165) is 0 Å². The van der Waals surface area contributed by atoms with Crippen molar-refractivity contribution in [1.29, 1.82) is 0 Å². The molecule has 0 saturated heterocycles. The average Bonchev–Trinajstić information content (AvgIpc) is 2.54. The first-order valence-electron chi connectivity index (χ1n) is 6.42. The van der Waals surface area contributed by atoms with Gasteiger partial charge in [0.1, 0.15) is 5.75 Å². The highest BCUT2D eigenvalue weighted by molar-refractivity contribution is 7.98. The molecule has 1 N–H and O–H groups in total. The summed E-state index contributed by atoms with van der Waals surface area (Å²) in [7, 11) is 1.61. The average molecular weight is 334 g/mol. The van der Waals surface area contributed by atoms with Gasteiger partial charge in [0.15, 0.2) is 10.8 Å². The summed E-state index contributed by atoms with van der Waals surface area (Å²) < 4.78 is 1.40. The standard InChI is InChI=1S/C15H12ClN3O2S/c1-19-13-9(7-17-15(18-13)22-2)12(20)11(14(19)21)8-5-3-4-6-10(8)16/h3-7,20H,1-2H3. The van der Waals surface area contributed by atoms with Crippen LogP contribution in [0.15, 0.2) is 40.4 Å². The van der Waals surface area contributed by atoms with Crippen molar-refractivity contribution < 1.29 is 5.11 Å². The van der Waals surface area contributed by atoms with Gasteiger partial charge in [-0.1, -0.05) is 41.6 Å². The molecule has 5 nitrogen and oxygen atoms in total. The lowest BCUT2D eigenvalue weighted by molar-refractivity contribution is 0.481. The van der Waals surface area contributed by atoms with Crippen molar-refractivity contribution in [1.82, 2.24) is 14.5 Å². The number of pyridine rings is 1. The summed E-state index contributed by atoms with van der Waals surface area (Å²) in [6, 6.07) is 6.90. The van der Waals surface area contributed by atoms with Crippen LogP contribution in [-0.4, -0.2) is 25.9 Å². The van der Waals surface area contributed by atoms with Crippen LogP contribution in [0.5, 0.6) is 5.75 Å². The minimum absolute atomic E-state index is 0.154. The molecule has 2 heterocycles. The van der Waals surface area contributed by atoms with E-state index in [0.29, 0.717) is 26.8 Å². The highest BCUT2D eigenvalue weighted by atomic mass is 35.5. The number of rotatable bonds is 2. The molecule has 0 atom stereocenters. The molecular weight excluding hydrogens is 322 g/mol. The molecule has 0 aliphatic rings. The van der Waals surface area contributed by atoms with Crippen LogP contribution in [0.25, 0.3) is 22.2 Å². The SMILES string of the molecule is CSc1ncc2c(O)c(-c3ccccc3Cl)c(=O)n(C)c2n1. The molecule has 0 aliphatic heterocycles. The van der Waals surface area contributed by atoms with E-state index in [1.807, 2.05) is 6.26 Å². The van der Waals surface area contributed by atoms with Crippen LogP contribution < -0.4 is 5.56 Å². The quantitative estimate of drug-likeness (QED) is 0.576. The minimum atomic E-state index is -0.358. The zero-order valence-electron chi connectivity index (χ0n) is 11.9. The van der Waals surface area contributed by atoms with Gasteiger partial charge in [-0.2, -0.15) is 0 Å². The van der Waals surface area contributed by atoms with E-state index >= 15 is 0 Å². The van der Waals surface area contributed by atoms with E-state index in [1.54, 1.807) is 31.3 Å². The Morgan fingerprint density at radius 1 is 1.32 bits per heavy atom. The van der Waals surface area contributed by atoms with Gasteiger partial charge in [0.05, 0.1) is 10.9 Å². The number of nitrogens with zero attached hydrogens (tertiary/aromatic N) is 3. The molecule has 3 aromatic rings. The highest BCUT2D eigenvalue weighted by Crippen LogP contribution is 2.35. The van der Waals surface area contributed by atoms with E-state index in [2.05, 4.69) is 9.97 Å². The lowest BCUT2D eigenvalue weighted by Gasteiger charge is -2.12. The van der Waals surface area contributed by atoms with E-state index < -0.39 is 0 Å². The summed E-state index contributed by atoms with van der Waals surface area (Å²) >= 11 is 7.53. The Balaban J connectivity index is 2.44. The second-order valence-electron chi connectivity index (χ2n) is 4.66. The van der Waals surface area contributed by atoms with Crippen molar-refractivity contribution in [2.45, 2.75) is 5.16 Å². The van der Waals surface area contributed by atoms with E-state index in [4.69, 9.17) is 11.6 Å². The fraction of sp³-hybridized carbons (Fsp3) is 0.133. The first-order valence-corrected chi connectivity index (χ1v) is 8.02. The molecule has 3 rings (SSSR count). The third-order valence-electron chi connectivity index (χ3n) is 3.40. The van der Waals surface area contributed by atoms with Gasteiger partial charge in [0.25, 0.3) is 5.56 Å². The number of aryl methyl sites for hydroxylation is 1. The Labute approximate surface area is 135 Å². The number of hydrogen-bond acceptors (Lipinski definition) is 5. The third-order valence-corrected chi connectivity index (χ3v) is 4.29. The van der Waals surface area contributed by atoms with E-state index in [9.17, 15) is 9.90 Å². The molecule has 1 aromatic carbocycles. The van der Waals surface area contributed by atoms with E-state index in [-0.39, 0.29) is 16.9 Å². The van der Waals surface area contributed by atoms with Crippen molar-refractivity contribution in [2.75, 3.05) is 6.26 Å². The van der Waals surface area contributed by atoms with Gasteiger partial charge in [-0.05, 0) is 12.3 Å². The molecule has 7 heteroatoms. The van der Waals surface area contributed by atoms with Gasteiger partial charge in [-0.3, -0.25) is 9.36 Å². The summed E-state index contributed by atoms with van der Waals surface area (Å²) in [6.45, 7) is 0. The molecule has 0 aliphatic carbocycles. The van der Waals surface area contributed by atoms with Gasteiger partial charge in [-0.25, -0.2) is 9.97 Å². The summed E-state index contributed by atoms with van der Waals surface area (Å²) in [4.78, 5) is 21.1. The number of benzene rings is 1. The molecule has 0 radical (unpaired) electrons. The molecule has 0 unspecified atom stereocenters. The van der Waals surface area contributed by atoms with Crippen LogP contribution in [0.1, 0.15) is 0 Å². The fourth-order valence-electron chi connectivity index (χ4n) is 2.28. The number of hydrogen-bond donors (Lipinski definition) is 1. The Hall–Kier alpha value is -2.05. The summed E-state index contributed by atoms with van der Waals surface area (Å²) in [5.41, 5.74) is 0.667. The molecule has 0 amide bonds. The van der Waals surface area contributed by atoms with Crippen molar-refractivity contribution in [3.63, 3.8) is 0 Å². The van der Waals surface area contributed by atoms with Gasteiger partial charge in [-0.15, -0.1) is 0 Å². The molecule has 2 aromatic heterocycles. The Morgan fingerprint density at radius 2 is 2.05 bits per heavy atom. The highest BCUT2D eigenvalue weighted by Gasteiger charge is 2.19. The van der Waals surface area contributed by atoms with Crippen LogP contribution >= 0.6 is 23.4 Å². The number of halogens is 1. The van der Waals surface area contributed by atoms with Crippen LogP contribution in [0.4, 0.5) is 0 Å². The van der Waals surface area contributed by atoms with Gasteiger partial charge >= 0.3 is 0 Å². The smallest absolute Gasteiger partial charge is 0.263 e. The molecule has 0 fully saturated rings. The van der Waals surface area contributed by atoms with Crippen molar-refractivity contribution in [3.8, 4) is 16.9 Å². The van der Waals surface area contributed by atoms with Crippen molar-refractivity contribution in [3.05, 3.63) is 45.8 Å². The minimum Gasteiger partial charge on any atom is -0.506 e. The third kappa shape index (κ3) is 2.24. The van der Waals surface area contributed by atoms with Crippen LogP contribution in [0.2, 0.25) is 5.02 Å². The molecule has 112 valence electrons. The predicted octanol–water partition coefficient (Wildman–Crippen LogP) is 3.08. The molecular formula is C15H12ClN3O2S. The zero-order chi connectivity index (χ0) is 15.9. The van der Waals surface area contributed by atoms with E-state index in [1.165, 1.54) is 22.5 Å². The maximum absolute atomic E-state index is 12.6.